The van der Waals surface area contributed by atoms with E-state index in [1.807, 2.05) is 13.8 Å². The Morgan fingerprint density at radius 1 is 1.67 bits per heavy atom. The lowest BCUT2D eigenvalue weighted by molar-refractivity contribution is -0.00704. The minimum atomic E-state index is -0.483. The summed E-state index contributed by atoms with van der Waals surface area (Å²) >= 11 is 0. The molecule has 0 bridgehead atoms. The molecule has 0 unspecified atom stereocenters. The van der Waals surface area contributed by atoms with Crippen LogP contribution in [0.1, 0.15) is 20.8 Å². The van der Waals surface area contributed by atoms with Crippen LogP contribution in [0.4, 0.5) is 0 Å². The average molecular weight is 212 g/mol. The molecule has 4 heteroatoms. The number of hydrogen-bond donors (Lipinski definition) is 1. The molecule has 2 atom stereocenters. The smallest absolute Gasteiger partial charge is 0.129 e. The van der Waals surface area contributed by atoms with E-state index in [-0.39, 0.29) is 6.10 Å². The normalized spacial score (nSPS) is 25.9. The molecule has 86 valence electrons. The molecule has 1 heterocycles. The molecule has 0 aromatic carbocycles. The quantitative estimate of drug-likeness (QED) is 0.710. The maximum atomic E-state index is 9.52. The number of rotatable bonds is 3. The summed E-state index contributed by atoms with van der Waals surface area (Å²) in [6.07, 6.45) is -0.277. The van der Waals surface area contributed by atoms with E-state index >= 15 is 0 Å². The van der Waals surface area contributed by atoms with Crippen molar-refractivity contribution in [1.82, 2.24) is 4.90 Å². The van der Waals surface area contributed by atoms with Crippen molar-refractivity contribution in [3.8, 4) is 0 Å². The van der Waals surface area contributed by atoms with Crippen molar-refractivity contribution in [1.29, 1.82) is 0 Å². The number of aliphatic hydroxyl groups is 1. The fourth-order valence-electron chi connectivity index (χ4n) is 1.67. The van der Waals surface area contributed by atoms with Crippen LogP contribution in [0.3, 0.4) is 0 Å². The second-order valence-electron chi connectivity index (χ2n) is 3.97. The molecule has 1 fully saturated rings. The Morgan fingerprint density at radius 2 is 2.33 bits per heavy atom. The third kappa shape index (κ3) is 3.04. The van der Waals surface area contributed by atoms with Crippen molar-refractivity contribution in [2.24, 2.45) is 4.99 Å². The van der Waals surface area contributed by atoms with Gasteiger partial charge in [-0.05, 0) is 33.1 Å². The fraction of sp³-hybridized carbons (Fsp3) is 0.727. The van der Waals surface area contributed by atoms with Gasteiger partial charge in [0.15, 0.2) is 0 Å². The second-order valence-corrected chi connectivity index (χ2v) is 3.97. The number of morpholine rings is 1. The van der Waals surface area contributed by atoms with Crippen molar-refractivity contribution in [2.75, 3.05) is 19.7 Å². The number of ether oxygens (including phenoxy) is 1. The first-order valence-electron chi connectivity index (χ1n) is 5.28. The van der Waals surface area contributed by atoms with Gasteiger partial charge < -0.3 is 14.7 Å². The van der Waals surface area contributed by atoms with E-state index in [4.69, 9.17) is 4.74 Å². The predicted octanol–water partition coefficient (Wildman–Crippen LogP) is 1.02. The van der Waals surface area contributed by atoms with E-state index in [0.717, 1.165) is 24.5 Å². The maximum Gasteiger partial charge on any atom is 0.129 e. The summed E-state index contributed by atoms with van der Waals surface area (Å²) in [5.74, 6) is 0.792. The third-order valence-electron chi connectivity index (χ3n) is 2.67. The van der Waals surface area contributed by atoms with Crippen LogP contribution < -0.4 is 0 Å². The van der Waals surface area contributed by atoms with Gasteiger partial charge in [-0.15, -0.1) is 0 Å². The lowest BCUT2D eigenvalue weighted by atomic mass is 10.1. The van der Waals surface area contributed by atoms with Crippen LogP contribution in [-0.2, 0) is 4.74 Å². The van der Waals surface area contributed by atoms with Gasteiger partial charge in [-0.3, -0.25) is 0 Å². The first-order chi connectivity index (χ1) is 7.06. The molecule has 0 amide bonds. The Kier molecular flexibility index (Phi) is 4.29. The van der Waals surface area contributed by atoms with E-state index in [2.05, 4.69) is 16.6 Å². The van der Waals surface area contributed by atoms with Gasteiger partial charge in [-0.2, -0.15) is 0 Å². The standard InChI is InChI=1S/C11H20N2O2/c1-8-7-13(5-6-15-8)11(12-4)9(2)10(3)14/h8,10,14H,4-7H2,1-3H3/b11-9-/t8-,10+/m0/s1. The summed E-state index contributed by atoms with van der Waals surface area (Å²) < 4.78 is 5.45. The molecule has 1 rings (SSSR count). The summed E-state index contributed by atoms with van der Waals surface area (Å²) in [6, 6.07) is 0. The molecule has 15 heavy (non-hydrogen) atoms. The first kappa shape index (κ1) is 12.2. The van der Waals surface area contributed by atoms with Crippen molar-refractivity contribution in [3.63, 3.8) is 0 Å². The first-order valence-corrected chi connectivity index (χ1v) is 5.28. The lowest BCUT2D eigenvalue weighted by Crippen LogP contribution is -2.40. The van der Waals surface area contributed by atoms with Gasteiger partial charge in [-0.25, -0.2) is 4.99 Å². The zero-order valence-electron chi connectivity index (χ0n) is 9.73. The van der Waals surface area contributed by atoms with Crippen LogP contribution in [0.25, 0.3) is 0 Å². The Morgan fingerprint density at radius 3 is 2.80 bits per heavy atom. The predicted molar refractivity (Wildman–Crippen MR) is 60.9 cm³/mol. The van der Waals surface area contributed by atoms with Crippen LogP contribution in [0.15, 0.2) is 16.4 Å². The molecule has 0 spiro atoms. The second kappa shape index (κ2) is 5.28. The monoisotopic (exact) mass is 212 g/mol. The number of nitrogens with zero attached hydrogens (tertiary/aromatic N) is 2. The largest absolute Gasteiger partial charge is 0.389 e. The van der Waals surface area contributed by atoms with Crippen molar-refractivity contribution in [2.45, 2.75) is 33.0 Å². The number of aliphatic imine (C=N–C) groups is 1. The SMILES string of the molecule is C=N/C(=C(\C)[C@@H](C)O)N1CCO[C@@H](C)C1. The number of hydrogen-bond acceptors (Lipinski definition) is 4. The van der Waals surface area contributed by atoms with Crippen molar-refractivity contribution >= 4 is 6.72 Å². The molecule has 0 aromatic heterocycles. The van der Waals surface area contributed by atoms with Gasteiger partial charge in [0, 0.05) is 13.1 Å². The number of aliphatic hydroxyl groups excluding tert-OH is 1. The van der Waals surface area contributed by atoms with Gasteiger partial charge in [0.25, 0.3) is 0 Å². The molecule has 1 saturated heterocycles. The Balaban J connectivity index is 2.82. The third-order valence-corrected chi connectivity index (χ3v) is 2.67. The minimum Gasteiger partial charge on any atom is -0.389 e. The fourth-order valence-corrected chi connectivity index (χ4v) is 1.67. The van der Waals surface area contributed by atoms with Crippen LogP contribution in [0.5, 0.6) is 0 Å². The Labute approximate surface area is 91.3 Å². The molecule has 4 nitrogen and oxygen atoms in total. The van der Waals surface area contributed by atoms with Crippen LogP contribution >= 0.6 is 0 Å². The molecule has 1 aliphatic rings. The highest BCUT2D eigenvalue weighted by Crippen LogP contribution is 2.17. The van der Waals surface area contributed by atoms with Crippen molar-refractivity contribution in [3.05, 3.63) is 11.4 Å². The molecule has 0 aromatic rings. The minimum absolute atomic E-state index is 0.206. The van der Waals surface area contributed by atoms with Crippen molar-refractivity contribution < 1.29 is 9.84 Å². The highest BCUT2D eigenvalue weighted by molar-refractivity contribution is 5.31. The van der Waals surface area contributed by atoms with Crippen LogP contribution in [0, 0.1) is 0 Å². The zero-order chi connectivity index (χ0) is 11.4. The van der Waals surface area contributed by atoms with Crippen LogP contribution in [-0.4, -0.2) is 48.6 Å². The van der Waals surface area contributed by atoms with Gasteiger partial charge in [0.05, 0.1) is 18.8 Å². The summed E-state index contributed by atoms with van der Waals surface area (Å²) in [5, 5.41) is 9.52. The molecular formula is C11H20N2O2. The summed E-state index contributed by atoms with van der Waals surface area (Å²) in [6.45, 7) is 11.5. The molecule has 1 aliphatic heterocycles. The topological polar surface area (TPSA) is 45.1 Å². The van der Waals surface area contributed by atoms with Gasteiger partial charge in [-0.1, -0.05) is 0 Å². The van der Waals surface area contributed by atoms with E-state index in [1.165, 1.54) is 0 Å². The Bertz CT molecular complexity index is 261. The molecule has 1 N–H and O–H groups in total. The highest BCUT2D eigenvalue weighted by Gasteiger charge is 2.20. The molecule has 0 radical (unpaired) electrons. The van der Waals surface area contributed by atoms with E-state index in [9.17, 15) is 5.11 Å². The van der Waals surface area contributed by atoms with E-state index in [0.29, 0.717) is 6.61 Å². The van der Waals surface area contributed by atoms with Gasteiger partial charge in [0.1, 0.15) is 5.82 Å². The highest BCUT2D eigenvalue weighted by atomic mass is 16.5. The van der Waals surface area contributed by atoms with Gasteiger partial charge >= 0.3 is 0 Å². The molecular weight excluding hydrogens is 192 g/mol. The van der Waals surface area contributed by atoms with E-state index in [1.54, 1.807) is 6.92 Å². The summed E-state index contributed by atoms with van der Waals surface area (Å²) in [5.41, 5.74) is 0.860. The lowest BCUT2D eigenvalue weighted by Gasteiger charge is -2.34. The summed E-state index contributed by atoms with van der Waals surface area (Å²) in [7, 11) is 0. The summed E-state index contributed by atoms with van der Waals surface area (Å²) in [4.78, 5) is 6.12. The van der Waals surface area contributed by atoms with Crippen LogP contribution in [0.2, 0.25) is 0 Å². The Hall–Kier alpha value is -0.870. The van der Waals surface area contributed by atoms with E-state index < -0.39 is 6.10 Å². The molecule has 0 saturated carbocycles. The zero-order valence-corrected chi connectivity index (χ0v) is 9.73. The molecule has 0 aliphatic carbocycles. The maximum absolute atomic E-state index is 9.52. The average Bonchev–Trinajstić information content (AvgIpc) is 2.18. The van der Waals surface area contributed by atoms with Gasteiger partial charge in [0.2, 0.25) is 0 Å².